The minimum absolute atomic E-state index is 0.0117. The van der Waals surface area contributed by atoms with Gasteiger partial charge in [0.1, 0.15) is 17.2 Å². The van der Waals surface area contributed by atoms with Crippen LogP contribution in [0.25, 0.3) is 27.7 Å². The zero-order valence-electron chi connectivity index (χ0n) is 25.1. The van der Waals surface area contributed by atoms with E-state index in [1.54, 1.807) is 23.2 Å². The van der Waals surface area contributed by atoms with Crippen LogP contribution in [0.2, 0.25) is 5.02 Å². The summed E-state index contributed by atoms with van der Waals surface area (Å²) in [7, 11) is 1.84. The number of carbonyl (C=O) groups excluding carboxylic acids is 1. The Kier molecular flexibility index (Phi) is 7.65. The van der Waals surface area contributed by atoms with Crippen molar-refractivity contribution in [3.63, 3.8) is 0 Å². The summed E-state index contributed by atoms with van der Waals surface area (Å²) in [6.45, 7) is 11.0. The number of amides is 1. The summed E-state index contributed by atoms with van der Waals surface area (Å²) in [4.78, 5) is 41.5. The Morgan fingerprint density at radius 1 is 1.14 bits per heavy atom. The summed E-state index contributed by atoms with van der Waals surface area (Å²) < 4.78 is 33.9. The molecule has 0 saturated carbocycles. The Morgan fingerprint density at radius 2 is 1.89 bits per heavy atom. The number of anilines is 2. The molecule has 11 heteroatoms. The molecule has 2 aliphatic heterocycles. The average molecular weight is 619 g/mol. The second-order valence-corrected chi connectivity index (χ2v) is 12.0. The normalized spacial score (nSPS) is 16.6. The molecule has 1 atom stereocenters. The van der Waals surface area contributed by atoms with Gasteiger partial charge in [-0.05, 0) is 43.0 Å². The van der Waals surface area contributed by atoms with E-state index in [1.165, 1.54) is 28.8 Å². The lowest BCUT2D eigenvalue weighted by molar-refractivity contribution is -0.126. The highest BCUT2D eigenvalue weighted by atomic mass is 35.5. The molecule has 2 aromatic carbocycles. The van der Waals surface area contributed by atoms with Crippen molar-refractivity contribution >= 4 is 39.9 Å². The number of carbonyl (C=O) groups is 1. The van der Waals surface area contributed by atoms with Crippen molar-refractivity contribution in [1.29, 1.82) is 0 Å². The monoisotopic (exact) mass is 618 g/mol. The van der Waals surface area contributed by atoms with E-state index in [-0.39, 0.29) is 45.4 Å². The number of benzene rings is 2. The third-order valence-electron chi connectivity index (χ3n) is 8.66. The van der Waals surface area contributed by atoms with E-state index in [4.69, 9.17) is 11.6 Å². The third kappa shape index (κ3) is 4.63. The van der Waals surface area contributed by atoms with Crippen LogP contribution in [0, 0.1) is 18.6 Å². The number of halogens is 3. The minimum atomic E-state index is -0.830. The molecule has 4 heterocycles. The standard InChI is InChI=1S/C33H33ClF2N6O2/c1-6-23(43)40-15-16-41-20(17-40)12-14-39(5)30-25-31(27(36)24(26(30)34)21-9-7-8-10-22(21)35)42(33(44)38-32(25)41)29-19(4)11-13-37-28(29)18(2)3/h6-11,13,18,20H,1,12,14-17H2,2-5H3. The molecule has 1 saturated heterocycles. The lowest BCUT2D eigenvalue weighted by atomic mass is 9.96. The second-order valence-electron chi connectivity index (χ2n) is 11.7. The van der Waals surface area contributed by atoms with Crippen LogP contribution in [0.15, 0.2) is 54.0 Å². The maximum absolute atomic E-state index is 17.3. The number of aryl methyl sites for hydroxylation is 1. The van der Waals surface area contributed by atoms with Gasteiger partial charge in [-0.2, -0.15) is 4.98 Å². The average Bonchev–Trinajstić information content (AvgIpc) is 3.00. The molecule has 6 rings (SSSR count). The predicted molar refractivity (Wildman–Crippen MR) is 170 cm³/mol. The Bertz CT molecular complexity index is 1890. The molecule has 0 aliphatic carbocycles. The zero-order chi connectivity index (χ0) is 31.4. The zero-order valence-corrected chi connectivity index (χ0v) is 25.8. The Labute approximate surface area is 259 Å². The van der Waals surface area contributed by atoms with E-state index in [0.717, 1.165) is 0 Å². The van der Waals surface area contributed by atoms with Crippen molar-refractivity contribution in [1.82, 2.24) is 19.4 Å². The molecular weight excluding hydrogens is 586 g/mol. The summed E-state index contributed by atoms with van der Waals surface area (Å²) in [5, 5.41) is 0.377. The van der Waals surface area contributed by atoms with Gasteiger partial charge in [-0.3, -0.25) is 14.3 Å². The van der Waals surface area contributed by atoms with Gasteiger partial charge < -0.3 is 14.7 Å². The lowest BCUT2D eigenvalue weighted by Crippen LogP contribution is -2.56. The molecule has 0 bridgehead atoms. The fourth-order valence-corrected chi connectivity index (χ4v) is 6.93. The summed E-state index contributed by atoms with van der Waals surface area (Å²) in [5.41, 5.74) is 1.31. The largest absolute Gasteiger partial charge is 0.373 e. The van der Waals surface area contributed by atoms with Crippen LogP contribution in [0.1, 0.15) is 37.4 Å². The van der Waals surface area contributed by atoms with Crippen LogP contribution in [0.4, 0.5) is 20.3 Å². The predicted octanol–water partition coefficient (Wildman–Crippen LogP) is 5.85. The SMILES string of the molecule is C=CC(=O)N1CCN2c3nc(=O)n(-c4c(C)ccnc4C(C)C)c4c(F)c(-c5ccccc5F)c(Cl)c(c34)N(C)CCC2C1. The highest BCUT2D eigenvalue weighted by molar-refractivity contribution is 6.38. The van der Waals surface area contributed by atoms with Crippen LogP contribution < -0.4 is 15.5 Å². The molecule has 2 aromatic heterocycles. The number of hydrogen-bond acceptors (Lipinski definition) is 6. The van der Waals surface area contributed by atoms with Crippen molar-refractivity contribution in [2.24, 2.45) is 0 Å². The first-order valence-electron chi connectivity index (χ1n) is 14.6. The first-order chi connectivity index (χ1) is 21.0. The number of rotatable bonds is 4. The Hall–Kier alpha value is -4.31. The van der Waals surface area contributed by atoms with Crippen molar-refractivity contribution in [2.75, 3.05) is 43.0 Å². The van der Waals surface area contributed by atoms with E-state index < -0.39 is 17.3 Å². The van der Waals surface area contributed by atoms with E-state index >= 15 is 8.78 Å². The first-order valence-corrected chi connectivity index (χ1v) is 15.0. The quantitative estimate of drug-likeness (QED) is 0.267. The van der Waals surface area contributed by atoms with Crippen LogP contribution in [0.3, 0.4) is 0 Å². The van der Waals surface area contributed by atoms with Gasteiger partial charge in [0, 0.05) is 56.6 Å². The number of fused-ring (bicyclic) bond motifs is 2. The first kappa shape index (κ1) is 29.7. The molecule has 1 fully saturated rings. The van der Waals surface area contributed by atoms with E-state index in [1.807, 2.05) is 37.6 Å². The molecule has 2 aliphatic rings. The smallest absolute Gasteiger partial charge is 0.354 e. The maximum atomic E-state index is 17.3. The van der Waals surface area contributed by atoms with Gasteiger partial charge in [-0.15, -0.1) is 0 Å². The summed E-state index contributed by atoms with van der Waals surface area (Å²) in [6.07, 6.45) is 3.55. The van der Waals surface area contributed by atoms with Gasteiger partial charge in [0.2, 0.25) is 5.91 Å². The minimum Gasteiger partial charge on any atom is -0.373 e. The molecular formula is C33H33ClF2N6O2. The van der Waals surface area contributed by atoms with Crippen LogP contribution in [-0.2, 0) is 4.79 Å². The molecule has 8 nitrogen and oxygen atoms in total. The molecule has 44 heavy (non-hydrogen) atoms. The molecule has 4 aromatic rings. The van der Waals surface area contributed by atoms with Gasteiger partial charge in [-0.25, -0.2) is 13.6 Å². The Morgan fingerprint density at radius 3 is 2.59 bits per heavy atom. The highest BCUT2D eigenvalue weighted by Crippen LogP contribution is 2.48. The molecule has 0 spiro atoms. The third-order valence-corrected chi connectivity index (χ3v) is 9.02. The van der Waals surface area contributed by atoms with Crippen molar-refractivity contribution < 1.29 is 13.6 Å². The number of nitrogens with zero attached hydrogens (tertiary/aromatic N) is 6. The van der Waals surface area contributed by atoms with Gasteiger partial charge in [0.15, 0.2) is 5.82 Å². The molecule has 0 N–H and O–H groups in total. The summed E-state index contributed by atoms with van der Waals surface area (Å²) >= 11 is 7.08. The molecule has 1 unspecified atom stereocenters. The van der Waals surface area contributed by atoms with Gasteiger partial charge in [0.05, 0.1) is 27.5 Å². The van der Waals surface area contributed by atoms with Gasteiger partial charge in [0.25, 0.3) is 0 Å². The fourth-order valence-electron chi connectivity index (χ4n) is 6.50. The second kappa shape index (κ2) is 11.3. The van der Waals surface area contributed by atoms with E-state index in [9.17, 15) is 9.59 Å². The van der Waals surface area contributed by atoms with E-state index in [0.29, 0.717) is 60.6 Å². The van der Waals surface area contributed by atoms with Crippen LogP contribution in [-0.4, -0.2) is 64.6 Å². The van der Waals surface area contributed by atoms with Gasteiger partial charge >= 0.3 is 5.69 Å². The number of aromatic nitrogens is 3. The number of pyridine rings is 1. The maximum Gasteiger partial charge on any atom is 0.354 e. The highest BCUT2D eigenvalue weighted by Gasteiger charge is 2.37. The summed E-state index contributed by atoms with van der Waals surface area (Å²) in [5.74, 6) is -1.46. The van der Waals surface area contributed by atoms with Crippen molar-refractivity contribution in [2.45, 2.75) is 39.2 Å². The molecule has 228 valence electrons. The van der Waals surface area contributed by atoms with Crippen LogP contribution in [0.5, 0.6) is 0 Å². The topological polar surface area (TPSA) is 74.6 Å². The van der Waals surface area contributed by atoms with Crippen LogP contribution >= 0.6 is 11.6 Å². The molecule has 0 radical (unpaired) electrons. The number of hydrogen-bond donors (Lipinski definition) is 0. The van der Waals surface area contributed by atoms with E-state index in [2.05, 4.69) is 16.5 Å². The number of piperazine rings is 1. The fraction of sp³-hybridized carbons (Fsp3) is 0.333. The summed E-state index contributed by atoms with van der Waals surface area (Å²) in [6, 6.07) is 7.44. The Balaban J connectivity index is 1.78. The van der Waals surface area contributed by atoms with Crippen molar-refractivity contribution in [3.05, 3.63) is 87.6 Å². The lowest BCUT2D eigenvalue weighted by Gasteiger charge is -2.44. The van der Waals surface area contributed by atoms with Gasteiger partial charge in [-0.1, -0.05) is 50.2 Å². The van der Waals surface area contributed by atoms with Crippen molar-refractivity contribution in [3.8, 4) is 16.8 Å². The molecule has 1 amide bonds.